The summed E-state index contributed by atoms with van der Waals surface area (Å²) in [5.41, 5.74) is 3.33. The fraction of sp³-hybridized carbons (Fsp3) is 0.0588. The van der Waals surface area contributed by atoms with Crippen molar-refractivity contribution < 1.29 is 24.4 Å². The number of carboxylic acids is 1. The van der Waals surface area contributed by atoms with Crippen LogP contribution in [-0.2, 0) is 0 Å². The molecule has 0 radical (unpaired) electrons. The average molecular weight is 373 g/mol. The number of carbonyl (C=O) groups is 1. The van der Waals surface area contributed by atoms with Gasteiger partial charge in [0.05, 0.1) is 11.3 Å². The van der Waals surface area contributed by atoms with Gasteiger partial charge in [0.25, 0.3) is 0 Å². The lowest BCUT2D eigenvalue weighted by molar-refractivity contribution is 0.0696. The van der Waals surface area contributed by atoms with Crippen LogP contribution in [0, 0.1) is 6.92 Å². The highest BCUT2D eigenvalue weighted by Gasteiger charge is 2.09. The first-order valence-electron chi connectivity index (χ1n) is 7.46. The molecule has 134 valence electrons. The van der Waals surface area contributed by atoms with Crippen molar-refractivity contribution in [1.82, 2.24) is 5.16 Å². The van der Waals surface area contributed by atoms with Crippen LogP contribution in [0.4, 0.5) is 11.5 Å². The Bertz CT molecular complexity index is 911. The van der Waals surface area contributed by atoms with Crippen LogP contribution in [0.2, 0.25) is 0 Å². The molecule has 0 aliphatic rings. The zero-order chi connectivity index (χ0) is 18.5. The molecule has 8 nitrogen and oxygen atoms in total. The number of phenols is 1. The predicted molar refractivity (Wildman–Crippen MR) is 96.5 cm³/mol. The molecule has 4 N–H and O–H groups in total. The normalized spacial score (nSPS) is 10.3. The fourth-order valence-corrected chi connectivity index (χ4v) is 2.56. The molecular weight excluding hydrogens is 358 g/mol. The number of aryl methyl sites for hydroxylation is 1. The summed E-state index contributed by atoms with van der Waals surface area (Å²) in [5, 5.41) is 22.5. The van der Waals surface area contributed by atoms with Crippen LogP contribution in [-0.4, -0.2) is 21.3 Å². The van der Waals surface area contributed by atoms with Gasteiger partial charge in [-0.15, -0.1) is 0 Å². The molecule has 0 spiro atoms. The Morgan fingerprint density at radius 2 is 1.96 bits per heavy atom. The van der Waals surface area contributed by atoms with E-state index in [0.29, 0.717) is 11.5 Å². The van der Waals surface area contributed by atoms with Crippen LogP contribution in [0.3, 0.4) is 0 Å². The van der Waals surface area contributed by atoms with Crippen LogP contribution in [0.15, 0.2) is 57.9 Å². The van der Waals surface area contributed by atoms with Crippen molar-refractivity contribution in [3.63, 3.8) is 0 Å². The summed E-state index contributed by atoms with van der Waals surface area (Å²) in [4.78, 5) is 17.1. The standard InChI is InChI=1S/C17H15N3O5S/c1-10-8-16(19-24-10)20-26-13-5-3-12(4-6-13)18-25-15-7-2-11(17(22)23)9-14(15)21/h2-9,18,21H,1H3,(H,19,20)(H,22,23). The van der Waals surface area contributed by atoms with E-state index >= 15 is 0 Å². The number of carboxylic acid groups (broad SMARTS) is 1. The van der Waals surface area contributed by atoms with Crippen LogP contribution < -0.4 is 15.0 Å². The fourth-order valence-electron chi connectivity index (χ4n) is 1.97. The number of aromatic carboxylic acids is 1. The number of aromatic nitrogens is 1. The van der Waals surface area contributed by atoms with Gasteiger partial charge in [-0.2, -0.15) is 0 Å². The van der Waals surface area contributed by atoms with Gasteiger partial charge < -0.3 is 24.3 Å². The molecule has 0 bridgehead atoms. The van der Waals surface area contributed by atoms with Gasteiger partial charge in [0.1, 0.15) is 5.76 Å². The van der Waals surface area contributed by atoms with E-state index in [9.17, 15) is 9.90 Å². The number of aromatic hydroxyl groups is 1. The van der Waals surface area contributed by atoms with Crippen molar-refractivity contribution in [2.45, 2.75) is 11.8 Å². The first kappa shape index (κ1) is 17.5. The third kappa shape index (κ3) is 4.39. The molecule has 0 aliphatic carbocycles. The molecule has 3 rings (SSSR count). The third-order valence-electron chi connectivity index (χ3n) is 3.24. The predicted octanol–water partition coefficient (Wildman–Crippen LogP) is 3.91. The second-order valence-electron chi connectivity index (χ2n) is 5.24. The zero-order valence-corrected chi connectivity index (χ0v) is 14.4. The molecule has 0 saturated heterocycles. The summed E-state index contributed by atoms with van der Waals surface area (Å²) in [7, 11) is 0. The molecule has 2 aromatic carbocycles. The van der Waals surface area contributed by atoms with E-state index in [2.05, 4.69) is 15.4 Å². The maximum Gasteiger partial charge on any atom is 0.335 e. The summed E-state index contributed by atoms with van der Waals surface area (Å²) in [6.07, 6.45) is 0. The Balaban J connectivity index is 1.55. The summed E-state index contributed by atoms with van der Waals surface area (Å²) >= 11 is 1.38. The van der Waals surface area contributed by atoms with E-state index in [0.717, 1.165) is 16.7 Å². The van der Waals surface area contributed by atoms with Gasteiger partial charge in [-0.3, -0.25) is 0 Å². The molecule has 9 heteroatoms. The molecule has 0 atom stereocenters. The Morgan fingerprint density at radius 1 is 1.19 bits per heavy atom. The Morgan fingerprint density at radius 3 is 2.58 bits per heavy atom. The van der Waals surface area contributed by atoms with Crippen molar-refractivity contribution in [3.8, 4) is 11.5 Å². The van der Waals surface area contributed by atoms with Crippen LogP contribution in [0.1, 0.15) is 16.1 Å². The average Bonchev–Trinajstić information content (AvgIpc) is 3.05. The monoisotopic (exact) mass is 373 g/mol. The maximum absolute atomic E-state index is 10.8. The molecule has 3 aromatic rings. The molecule has 1 heterocycles. The zero-order valence-electron chi connectivity index (χ0n) is 13.6. The van der Waals surface area contributed by atoms with Gasteiger partial charge in [0, 0.05) is 11.0 Å². The number of anilines is 2. The summed E-state index contributed by atoms with van der Waals surface area (Å²) in [6.45, 7) is 1.82. The highest BCUT2D eigenvalue weighted by Crippen LogP contribution is 2.28. The van der Waals surface area contributed by atoms with Crippen molar-refractivity contribution in [2.75, 3.05) is 10.2 Å². The number of benzene rings is 2. The quantitative estimate of drug-likeness (QED) is 0.361. The van der Waals surface area contributed by atoms with E-state index < -0.39 is 5.97 Å². The first-order valence-corrected chi connectivity index (χ1v) is 8.28. The number of rotatable bonds is 7. The van der Waals surface area contributed by atoms with Gasteiger partial charge in [-0.25, -0.2) is 10.3 Å². The van der Waals surface area contributed by atoms with Crippen molar-refractivity contribution in [3.05, 3.63) is 59.9 Å². The summed E-state index contributed by atoms with van der Waals surface area (Å²) in [6, 6.07) is 12.9. The van der Waals surface area contributed by atoms with Gasteiger partial charge in [0.2, 0.25) is 0 Å². The van der Waals surface area contributed by atoms with Crippen molar-refractivity contribution >= 4 is 29.4 Å². The molecule has 0 amide bonds. The lowest BCUT2D eigenvalue weighted by Crippen LogP contribution is -2.05. The van der Waals surface area contributed by atoms with Gasteiger partial charge in [-0.1, -0.05) is 5.16 Å². The summed E-state index contributed by atoms with van der Waals surface area (Å²) < 4.78 is 8.03. The number of hydrogen-bond donors (Lipinski definition) is 4. The minimum absolute atomic E-state index is 0.0222. The molecule has 0 fully saturated rings. The lowest BCUT2D eigenvalue weighted by Gasteiger charge is -2.10. The molecule has 0 aliphatic heterocycles. The number of nitrogens with zero attached hydrogens (tertiary/aromatic N) is 1. The minimum Gasteiger partial charge on any atom is -0.504 e. The highest BCUT2D eigenvalue weighted by atomic mass is 32.2. The number of hydrogen-bond acceptors (Lipinski definition) is 8. The summed E-state index contributed by atoms with van der Waals surface area (Å²) in [5.74, 6) is 0.0956. The second kappa shape index (κ2) is 7.70. The van der Waals surface area contributed by atoms with Crippen molar-refractivity contribution in [2.24, 2.45) is 0 Å². The SMILES string of the molecule is Cc1cc(NSc2ccc(NOc3ccc(C(=O)O)cc3O)cc2)no1. The first-order chi connectivity index (χ1) is 12.5. The number of nitrogens with one attached hydrogen (secondary N) is 2. The van der Waals surface area contributed by atoms with Gasteiger partial charge in [0.15, 0.2) is 17.3 Å². The number of phenolic OH excluding ortho intramolecular Hbond substituents is 1. The van der Waals surface area contributed by atoms with E-state index in [1.54, 1.807) is 18.2 Å². The van der Waals surface area contributed by atoms with Crippen LogP contribution in [0.5, 0.6) is 11.5 Å². The molecule has 26 heavy (non-hydrogen) atoms. The van der Waals surface area contributed by atoms with E-state index in [4.69, 9.17) is 14.5 Å². The van der Waals surface area contributed by atoms with Crippen LogP contribution >= 0.6 is 11.9 Å². The lowest BCUT2D eigenvalue weighted by atomic mass is 10.2. The molecular formula is C17H15N3O5S. The maximum atomic E-state index is 10.8. The molecule has 0 unspecified atom stereocenters. The largest absolute Gasteiger partial charge is 0.504 e. The van der Waals surface area contributed by atoms with Crippen molar-refractivity contribution in [1.29, 1.82) is 0 Å². The van der Waals surface area contributed by atoms with E-state index in [1.165, 1.54) is 24.1 Å². The topological polar surface area (TPSA) is 117 Å². The minimum atomic E-state index is -1.12. The molecule has 1 aromatic heterocycles. The third-order valence-corrected chi connectivity index (χ3v) is 4.06. The molecule has 0 saturated carbocycles. The second-order valence-corrected chi connectivity index (χ2v) is 6.12. The smallest absolute Gasteiger partial charge is 0.335 e. The highest BCUT2D eigenvalue weighted by molar-refractivity contribution is 8.00. The van der Waals surface area contributed by atoms with Gasteiger partial charge in [-0.05, 0) is 61.3 Å². The van der Waals surface area contributed by atoms with Gasteiger partial charge >= 0.3 is 5.97 Å². The van der Waals surface area contributed by atoms with E-state index in [1.807, 2.05) is 19.1 Å². The Labute approximate surface area is 152 Å². The Hall–Kier alpha value is -3.33. The van der Waals surface area contributed by atoms with E-state index in [-0.39, 0.29) is 17.1 Å². The Kier molecular flexibility index (Phi) is 5.18. The van der Waals surface area contributed by atoms with Crippen LogP contribution in [0.25, 0.3) is 0 Å².